The quantitative estimate of drug-likeness (QED) is 0.0284. The van der Waals surface area contributed by atoms with Gasteiger partial charge in [-0.2, -0.15) is 29.8 Å². The largest absolute Gasteiger partial charge is 0.492 e. The SMILES string of the molecule is COCCOCCC1=CC(C)(C)N(CCCS(=O)(=O)O)c2cc3c(cc21)C(=CC=CC1=[N+](CCCS(=O)(=O)O)c2ccc(S(=O)(=O)O)cc2C1(C)CCCC(=O)On1c(O)ccc1O)C=C(c1ccccc1)O3. The van der Waals surface area contributed by atoms with E-state index in [0.717, 1.165) is 34.5 Å². The fourth-order valence-electron chi connectivity index (χ4n) is 9.52. The van der Waals surface area contributed by atoms with Gasteiger partial charge in [0.2, 0.25) is 17.4 Å². The first-order chi connectivity index (χ1) is 34.4. The van der Waals surface area contributed by atoms with Crippen molar-refractivity contribution >= 4 is 70.3 Å². The molecule has 7 rings (SSSR count). The van der Waals surface area contributed by atoms with Gasteiger partial charge in [0.05, 0.1) is 47.2 Å². The fraction of sp³-hybridized carbons (Fsp3) is 0.373. The normalized spacial score (nSPS) is 18.1. The Hall–Kier alpha value is -6.11. The number of rotatable bonds is 23. The van der Waals surface area contributed by atoms with E-state index < -0.39 is 75.4 Å². The summed E-state index contributed by atoms with van der Waals surface area (Å²) in [5.74, 6) is -1.81. The summed E-state index contributed by atoms with van der Waals surface area (Å²) in [6.07, 6.45) is 10.2. The van der Waals surface area contributed by atoms with E-state index >= 15 is 0 Å². The zero-order valence-electron chi connectivity index (χ0n) is 40.8. The minimum atomic E-state index is -4.71. The number of fused-ring (bicyclic) bond motifs is 3. The Labute approximate surface area is 425 Å². The van der Waals surface area contributed by atoms with Crippen molar-refractivity contribution in [1.82, 2.24) is 4.73 Å². The molecule has 0 spiro atoms. The molecule has 0 radical (unpaired) electrons. The first-order valence-electron chi connectivity index (χ1n) is 23.4. The van der Waals surface area contributed by atoms with Crippen LogP contribution in [-0.4, -0.2) is 127 Å². The summed E-state index contributed by atoms with van der Waals surface area (Å²) >= 11 is 0. The van der Waals surface area contributed by atoms with E-state index in [-0.39, 0.29) is 45.2 Å². The summed E-state index contributed by atoms with van der Waals surface area (Å²) in [7, 11) is -11.7. The van der Waals surface area contributed by atoms with E-state index in [4.69, 9.17) is 19.0 Å². The second kappa shape index (κ2) is 22.2. The highest BCUT2D eigenvalue weighted by Gasteiger charge is 2.48. The van der Waals surface area contributed by atoms with Gasteiger partial charge in [0, 0.05) is 84.8 Å². The highest BCUT2D eigenvalue weighted by Crippen LogP contribution is 2.48. The molecule has 3 aliphatic rings. The van der Waals surface area contributed by atoms with Crippen molar-refractivity contribution in [2.45, 2.75) is 75.1 Å². The van der Waals surface area contributed by atoms with Crippen molar-refractivity contribution in [2.75, 3.05) is 56.4 Å². The van der Waals surface area contributed by atoms with E-state index in [1.165, 1.54) is 18.2 Å². The molecule has 1 atom stereocenters. The molecule has 0 aliphatic carbocycles. The van der Waals surface area contributed by atoms with Gasteiger partial charge in [0.15, 0.2) is 5.71 Å². The Balaban J connectivity index is 1.34. The van der Waals surface area contributed by atoms with Crippen LogP contribution in [0.1, 0.15) is 81.5 Å². The second-order valence-electron chi connectivity index (χ2n) is 18.6. The highest BCUT2D eigenvalue weighted by molar-refractivity contribution is 7.86. The number of carbonyl (C=O) groups is 1. The minimum Gasteiger partial charge on any atom is -0.492 e. The average Bonchev–Trinajstić information content (AvgIpc) is 3.75. The zero-order valence-corrected chi connectivity index (χ0v) is 43.3. The molecule has 1 unspecified atom stereocenters. The van der Waals surface area contributed by atoms with Gasteiger partial charge in [0.1, 0.15) is 18.1 Å². The Kier molecular flexibility index (Phi) is 16.6. The van der Waals surface area contributed by atoms with E-state index in [9.17, 15) is 53.9 Å². The van der Waals surface area contributed by atoms with E-state index in [1.807, 2.05) is 75.4 Å². The van der Waals surface area contributed by atoms with Gasteiger partial charge in [-0.3, -0.25) is 13.7 Å². The smallest absolute Gasteiger partial charge is 0.333 e. The fourth-order valence-corrected chi connectivity index (χ4v) is 11.0. The summed E-state index contributed by atoms with van der Waals surface area (Å²) in [6, 6.07) is 19.7. The topological polar surface area (TPSA) is 269 Å². The molecule has 3 aliphatic heterocycles. The van der Waals surface area contributed by atoms with Crippen LogP contribution in [0.15, 0.2) is 108 Å². The first-order valence-corrected chi connectivity index (χ1v) is 28.1. The maximum atomic E-state index is 13.1. The standard InChI is InChI=1S/C51H59N3O16S3/c1-50(2)34-37(21-25-68-27-26-67-4)39-32-40-36(30-44(35-12-6-5-7-13-35)69-45(40)33-43(39)53(50)24-11-29-72(61,62)63)14-8-15-46-51(3,22-9-16-49(57)70-54-47(55)19-20-48(54)56)41-31-38(73(64,65)66)17-18-42(41)52(46)23-10-28-71(58,59)60/h5-8,12-15,17-20,30-34H,9-11,16,21-29H2,1-4H3,(H4-,55,56,58,59,60,61,62,63,64,65,66)/p+1. The molecule has 0 saturated carbocycles. The lowest BCUT2D eigenvalue weighted by atomic mass is 9.75. The van der Waals surface area contributed by atoms with E-state index in [0.29, 0.717) is 70.6 Å². The minimum absolute atomic E-state index is 0.0420. The lowest BCUT2D eigenvalue weighted by Gasteiger charge is -2.44. The third kappa shape index (κ3) is 13.2. The van der Waals surface area contributed by atoms with Gasteiger partial charge >= 0.3 is 5.97 Å². The van der Waals surface area contributed by atoms with Crippen molar-refractivity contribution in [1.29, 1.82) is 0 Å². The molecule has 4 heterocycles. The van der Waals surface area contributed by atoms with Gasteiger partial charge in [-0.15, -0.1) is 4.73 Å². The van der Waals surface area contributed by atoms with Crippen molar-refractivity contribution < 1.29 is 77.5 Å². The van der Waals surface area contributed by atoms with Gasteiger partial charge < -0.3 is 34.2 Å². The molecule has 392 valence electrons. The summed E-state index contributed by atoms with van der Waals surface area (Å²) < 4.78 is 122. The second-order valence-corrected chi connectivity index (χ2v) is 23.2. The lowest BCUT2D eigenvalue weighted by Crippen LogP contribution is -2.46. The lowest BCUT2D eigenvalue weighted by molar-refractivity contribution is -0.437. The third-order valence-corrected chi connectivity index (χ3v) is 15.4. The zero-order chi connectivity index (χ0) is 52.9. The number of aromatic hydroxyl groups is 2. The molecular weight excluding hydrogens is 1010 g/mol. The van der Waals surface area contributed by atoms with Gasteiger partial charge in [-0.1, -0.05) is 48.6 Å². The summed E-state index contributed by atoms with van der Waals surface area (Å²) in [6.45, 7) is 7.40. The maximum Gasteiger partial charge on any atom is 0.333 e. The predicted molar refractivity (Wildman–Crippen MR) is 274 cm³/mol. The summed E-state index contributed by atoms with van der Waals surface area (Å²) in [5, 5.41) is 20.1. The van der Waals surface area contributed by atoms with Gasteiger partial charge in [0.25, 0.3) is 30.4 Å². The van der Waals surface area contributed by atoms with Crippen LogP contribution in [0.2, 0.25) is 0 Å². The van der Waals surface area contributed by atoms with Crippen LogP contribution in [0.25, 0.3) is 16.9 Å². The van der Waals surface area contributed by atoms with Crippen LogP contribution >= 0.6 is 0 Å². The number of hydrogen-bond acceptors (Lipinski definition) is 14. The number of allylic oxidation sites excluding steroid dienone is 5. The van der Waals surface area contributed by atoms with Crippen molar-refractivity contribution in [3.8, 4) is 17.5 Å². The third-order valence-electron chi connectivity index (χ3n) is 12.9. The van der Waals surface area contributed by atoms with E-state index in [2.05, 4.69) is 11.0 Å². The number of carbonyl (C=O) groups excluding carboxylic acids is 1. The number of aromatic nitrogens is 1. The van der Waals surface area contributed by atoms with Crippen molar-refractivity contribution in [2.24, 2.45) is 0 Å². The molecule has 0 fully saturated rings. The Morgan fingerprint density at radius 2 is 1.52 bits per heavy atom. The molecule has 0 saturated heterocycles. The molecular formula is C51H60N3O16S3+. The van der Waals surface area contributed by atoms with Crippen LogP contribution in [0.4, 0.5) is 11.4 Å². The number of ether oxygens (including phenoxy) is 3. The van der Waals surface area contributed by atoms with Crippen molar-refractivity contribution in [3.63, 3.8) is 0 Å². The molecule has 3 aromatic carbocycles. The number of anilines is 1. The summed E-state index contributed by atoms with van der Waals surface area (Å²) in [5.41, 5.74) is 4.56. The van der Waals surface area contributed by atoms with Crippen LogP contribution in [-0.2, 0) is 50.0 Å². The number of benzene rings is 3. The van der Waals surface area contributed by atoms with Crippen molar-refractivity contribution in [3.05, 3.63) is 125 Å². The number of hydrogen-bond donors (Lipinski definition) is 5. The number of methoxy groups -OCH3 is 1. The monoisotopic (exact) mass is 1070 g/mol. The Morgan fingerprint density at radius 3 is 2.19 bits per heavy atom. The summed E-state index contributed by atoms with van der Waals surface area (Å²) in [4.78, 5) is 19.9. The Bertz CT molecular complexity index is 3230. The molecule has 73 heavy (non-hydrogen) atoms. The maximum absolute atomic E-state index is 13.1. The molecule has 1 aromatic heterocycles. The highest BCUT2D eigenvalue weighted by atomic mass is 32.2. The van der Waals surface area contributed by atoms with Crippen LogP contribution < -0.4 is 14.5 Å². The van der Waals surface area contributed by atoms with E-state index in [1.54, 1.807) is 23.8 Å². The predicted octanol–water partition coefficient (Wildman–Crippen LogP) is 6.99. The van der Waals surface area contributed by atoms with Crippen LogP contribution in [0, 0.1) is 0 Å². The molecule has 0 bridgehead atoms. The van der Waals surface area contributed by atoms with Gasteiger partial charge in [-0.05, 0) is 81.9 Å². The molecule has 0 amide bonds. The van der Waals surface area contributed by atoms with Crippen LogP contribution in [0.3, 0.4) is 0 Å². The molecule has 4 aromatic rings. The van der Waals surface area contributed by atoms with Crippen LogP contribution in [0.5, 0.6) is 17.5 Å². The first kappa shape index (κ1) is 54.7. The molecule has 22 heteroatoms. The van der Waals surface area contributed by atoms with Gasteiger partial charge in [-0.25, -0.2) is 4.79 Å². The molecule has 5 N–H and O–H groups in total. The molecule has 19 nitrogen and oxygen atoms in total. The average molecular weight is 1070 g/mol. The Morgan fingerprint density at radius 1 is 0.822 bits per heavy atom. The number of nitrogens with zero attached hydrogens (tertiary/aromatic N) is 3.